The number of anilines is 1. The third-order valence-electron chi connectivity index (χ3n) is 6.18. The molecule has 2 aliphatic heterocycles. The van der Waals surface area contributed by atoms with Crippen molar-refractivity contribution in [2.75, 3.05) is 17.2 Å². The number of benzene rings is 2. The molecule has 1 aliphatic carbocycles. The fourth-order valence-electron chi connectivity index (χ4n) is 4.65. The molecule has 1 saturated heterocycles. The fourth-order valence-corrected chi connectivity index (χ4v) is 5.82. The standard InChI is InChI=1S/C24H22N2O3S/c27-22(14-25-23(28)17-10-4-5-11-18(17)24(25)29)26-19-12-6-7-13-21(19)30-15-20(26)16-8-2-1-3-9-16/h1-9,12-13,17-18,20H,10-11,14-15H2/t17-,18-,20+/m1/s1. The number of para-hydroxylation sites is 1. The van der Waals surface area contributed by atoms with Crippen molar-refractivity contribution in [1.29, 1.82) is 0 Å². The highest BCUT2D eigenvalue weighted by Gasteiger charge is 2.48. The van der Waals surface area contributed by atoms with Gasteiger partial charge in [0, 0.05) is 10.6 Å². The highest BCUT2D eigenvalue weighted by molar-refractivity contribution is 7.99. The van der Waals surface area contributed by atoms with Crippen molar-refractivity contribution in [2.45, 2.75) is 23.8 Å². The molecule has 5 rings (SSSR count). The maximum absolute atomic E-state index is 13.6. The van der Waals surface area contributed by atoms with E-state index in [2.05, 4.69) is 0 Å². The van der Waals surface area contributed by atoms with Crippen molar-refractivity contribution in [1.82, 2.24) is 4.90 Å². The van der Waals surface area contributed by atoms with Gasteiger partial charge in [0.05, 0.1) is 23.6 Å². The minimum atomic E-state index is -0.315. The van der Waals surface area contributed by atoms with Crippen molar-refractivity contribution >= 4 is 35.2 Å². The van der Waals surface area contributed by atoms with Gasteiger partial charge in [-0.05, 0) is 30.5 Å². The van der Waals surface area contributed by atoms with Crippen LogP contribution >= 0.6 is 11.8 Å². The van der Waals surface area contributed by atoms with E-state index in [1.807, 2.05) is 66.7 Å². The molecule has 152 valence electrons. The maximum Gasteiger partial charge on any atom is 0.247 e. The zero-order chi connectivity index (χ0) is 20.7. The number of imide groups is 1. The SMILES string of the molecule is O=C1[C@@H]2CC=CC[C@H]2C(=O)N1CC(=O)N1c2ccccc2SC[C@H]1c1ccccc1. The van der Waals surface area contributed by atoms with Gasteiger partial charge in [0.2, 0.25) is 17.7 Å². The van der Waals surface area contributed by atoms with Gasteiger partial charge in [0.15, 0.2) is 0 Å². The summed E-state index contributed by atoms with van der Waals surface area (Å²) in [7, 11) is 0. The molecule has 2 heterocycles. The van der Waals surface area contributed by atoms with Gasteiger partial charge in [-0.2, -0.15) is 0 Å². The molecule has 2 aromatic rings. The topological polar surface area (TPSA) is 57.7 Å². The molecule has 6 heteroatoms. The van der Waals surface area contributed by atoms with Gasteiger partial charge in [-0.15, -0.1) is 11.8 Å². The Bertz CT molecular complexity index is 1010. The molecule has 0 aromatic heterocycles. The van der Waals surface area contributed by atoms with Gasteiger partial charge >= 0.3 is 0 Å². The van der Waals surface area contributed by atoms with E-state index in [1.165, 1.54) is 4.90 Å². The molecular weight excluding hydrogens is 396 g/mol. The monoisotopic (exact) mass is 418 g/mol. The largest absolute Gasteiger partial charge is 0.301 e. The first-order valence-corrected chi connectivity index (χ1v) is 11.2. The van der Waals surface area contributed by atoms with Crippen LogP contribution < -0.4 is 4.90 Å². The average Bonchev–Trinajstić information content (AvgIpc) is 3.04. The summed E-state index contributed by atoms with van der Waals surface area (Å²) in [6.07, 6.45) is 5.08. The molecule has 3 amide bonds. The molecule has 1 fully saturated rings. The number of allylic oxidation sites excluding steroid dienone is 2. The number of fused-ring (bicyclic) bond motifs is 2. The first-order chi connectivity index (χ1) is 14.6. The van der Waals surface area contributed by atoms with Crippen LogP contribution in [0.4, 0.5) is 5.69 Å². The number of carbonyl (C=O) groups is 3. The van der Waals surface area contributed by atoms with E-state index in [9.17, 15) is 14.4 Å². The van der Waals surface area contributed by atoms with Crippen molar-refractivity contribution in [2.24, 2.45) is 11.8 Å². The molecule has 3 atom stereocenters. The Balaban J connectivity index is 1.46. The van der Waals surface area contributed by atoms with Gasteiger partial charge in [0.1, 0.15) is 6.54 Å². The fraction of sp³-hybridized carbons (Fsp3) is 0.292. The first-order valence-electron chi connectivity index (χ1n) is 10.2. The van der Waals surface area contributed by atoms with Crippen molar-refractivity contribution < 1.29 is 14.4 Å². The van der Waals surface area contributed by atoms with E-state index in [0.717, 1.165) is 21.9 Å². The predicted octanol–water partition coefficient (Wildman–Crippen LogP) is 3.82. The van der Waals surface area contributed by atoms with E-state index >= 15 is 0 Å². The second-order valence-corrected chi connectivity index (χ2v) is 8.95. The number of hydrogen-bond donors (Lipinski definition) is 0. The number of rotatable bonds is 3. The average molecular weight is 419 g/mol. The quantitative estimate of drug-likeness (QED) is 0.562. The molecule has 0 spiro atoms. The summed E-state index contributed by atoms with van der Waals surface area (Å²) >= 11 is 1.72. The summed E-state index contributed by atoms with van der Waals surface area (Å²) in [4.78, 5) is 43.3. The molecule has 0 bridgehead atoms. The van der Waals surface area contributed by atoms with Crippen LogP contribution in [0.3, 0.4) is 0 Å². The Kier molecular flexibility index (Phi) is 4.95. The minimum Gasteiger partial charge on any atom is -0.301 e. The molecule has 5 nitrogen and oxygen atoms in total. The second-order valence-electron chi connectivity index (χ2n) is 7.89. The van der Waals surface area contributed by atoms with E-state index in [-0.39, 0.29) is 42.1 Å². The normalized spacial score (nSPS) is 25.3. The lowest BCUT2D eigenvalue weighted by molar-refractivity contribution is -0.143. The van der Waals surface area contributed by atoms with Crippen LogP contribution in [0.15, 0.2) is 71.6 Å². The van der Waals surface area contributed by atoms with Gasteiger partial charge in [-0.3, -0.25) is 19.3 Å². The summed E-state index contributed by atoms with van der Waals surface area (Å²) in [6.45, 7) is -0.201. The zero-order valence-electron chi connectivity index (χ0n) is 16.4. The first kappa shape index (κ1) is 19.1. The van der Waals surface area contributed by atoms with Crippen molar-refractivity contribution in [3.63, 3.8) is 0 Å². The van der Waals surface area contributed by atoms with Gasteiger partial charge in [-0.25, -0.2) is 0 Å². The van der Waals surface area contributed by atoms with Crippen LogP contribution in [0.2, 0.25) is 0 Å². The van der Waals surface area contributed by atoms with Crippen molar-refractivity contribution in [3.8, 4) is 0 Å². The summed E-state index contributed by atoms with van der Waals surface area (Å²) in [5.74, 6) is -0.542. The number of hydrogen-bond acceptors (Lipinski definition) is 4. The van der Waals surface area contributed by atoms with Crippen molar-refractivity contribution in [3.05, 3.63) is 72.3 Å². The Labute approximate surface area is 179 Å². The molecular formula is C24H22N2O3S. The van der Waals surface area contributed by atoms with E-state index in [1.54, 1.807) is 16.7 Å². The summed E-state index contributed by atoms with van der Waals surface area (Å²) in [5, 5.41) is 0. The number of carbonyl (C=O) groups excluding carboxylic acids is 3. The predicted molar refractivity (Wildman–Crippen MR) is 116 cm³/mol. The minimum absolute atomic E-state index is 0.143. The third kappa shape index (κ3) is 3.16. The molecule has 30 heavy (non-hydrogen) atoms. The lowest BCUT2D eigenvalue weighted by atomic mass is 9.85. The van der Waals surface area contributed by atoms with E-state index in [0.29, 0.717) is 12.8 Å². The highest BCUT2D eigenvalue weighted by atomic mass is 32.2. The molecule has 0 unspecified atom stereocenters. The van der Waals surface area contributed by atoms with E-state index in [4.69, 9.17) is 0 Å². The Morgan fingerprint density at radius 1 is 0.900 bits per heavy atom. The molecule has 2 aromatic carbocycles. The lowest BCUT2D eigenvalue weighted by Gasteiger charge is -2.37. The highest BCUT2D eigenvalue weighted by Crippen LogP contribution is 2.43. The molecule has 0 radical (unpaired) electrons. The smallest absolute Gasteiger partial charge is 0.247 e. The van der Waals surface area contributed by atoms with Gasteiger partial charge < -0.3 is 4.90 Å². The van der Waals surface area contributed by atoms with Crippen LogP contribution in [0.1, 0.15) is 24.4 Å². The summed E-state index contributed by atoms with van der Waals surface area (Å²) < 4.78 is 0. The van der Waals surface area contributed by atoms with E-state index < -0.39 is 0 Å². The number of nitrogens with zero attached hydrogens (tertiary/aromatic N) is 2. The van der Waals surface area contributed by atoms with Crippen LogP contribution in [0.5, 0.6) is 0 Å². The summed E-state index contributed by atoms with van der Waals surface area (Å²) in [5.41, 5.74) is 1.88. The van der Waals surface area contributed by atoms with Crippen LogP contribution in [0.25, 0.3) is 0 Å². The number of thioether (sulfide) groups is 1. The molecule has 0 N–H and O–H groups in total. The number of amides is 3. The van der Waals surface area contributed by atoms with Crippen LogP contribution in [-0.4, -0.2) is 34.9 Å². The molecule has 0 saturated carbocycles. The second kappa shape index (κ2) is 7.76. The molecule has 3 aliphatic rings. The van der Waals surface area contributed by atoms with Gasteiger partial charge in [0.25, 0.3) is 0 Å². The third-order valence-corrected chi connectivity index (χ3v) is 7.32. The Morgan fingerprint density at radius 3 is 2.23 bits per heavy atom. The number of likely N-dealkylation sites (tertiary alicyclic amines) is 1. The lowest BCUT2D eigenvalue weighted by Crippen LogP contribution is -2.46. The Hall–Kier alpha value is -2.86. The Morgan fingerprint density at radius 2 is 1.53 bits per heavy atom. The van der Waals surface area contributed by atoms with Crippen LogP contribution in [0, 0.1) is 11.8 Å². The zero-order valence-corrected chi connectivity index (χ0v) is 17.3. The van der Waals surface area contributed by atoms with Gasteiger partial charge in [-0.1, -0.05) is 54.6 Å². The van der Waals surface area contributed by atoms with Crippen LogP contribution in [-0.2, 0) is 14.4 Å². The maximum atomic E-state index is 13.6. The summed E-state index contributed by atoms with van der Waals surface area (Å²) in [6, 6.07) is 17.6.